The van der Waals surface area contributed by atoms with Crippen molar-refractivity contribution in [1.29, 1.82) is 0 Å². The number of hydrogen-bond donors (Lipinski definition) is 1. The van der Waals surface area contributed by atoms with Crippen LogP contribution in [0.1, 0.15) is 12.5 Å². The molecule has 0 spiro atoms. The first-order chi connectivity index (χ1) is 9.61. The van der Waals surface area contributed by atoms with Crippen molar-refractivity contribution >= 4 is 23.3 Å². The fourth-order valence-corrected chi connectivity index (χ4v) is 1.32. The SMILES string of the molecule is CC(=O)OCC(=O)Nc1ccc(C(F)(F)F)cc1[N+](=O)[O-]. The Morgan fingerprint density at radius 1 is 1.38 bits per heavy atom. The van der Waals surface area contributed by atoms with Gasteiger partial charge in [-0.25, -0.2) is 0 Å². The summed E-state index contributed by atoms with van der Waals surface area (Å²) in [5, 5.41) is 12.8. The van der Waals surface area contributed by atoms with Gasteiger partial charge < -0.3 is 10.1 Å². The lowest BCUT2D eigenvalue weighted by Crippen LogP contribution is -2.20. The van der Waals surface area contributed by atoms with E-state index in [1.54, 1.807) is 0 Å². The quantitative estimate of drug-likeness (QED) is 0.522. The van der Waals surface area contributed by atoms with Crippen LogP contribution in [0.15, 0.2) is 18.2 Å². The highest BCUT2D eigenvalue weighted by atomic mass is 19.4. The van der Waals surface area contributed by atoms with Crippen LogP contribution in [0.25, 0.3) is 0 Å². The van der Waals surface area contributed by atoms with Crippen LogP contribution in [-0.2, 0) is 20.5 Å². The third kappa shape index (κ3) is 4.75. The second-order valence-electron chi connectivity index (χ2n) is 3.82. The van der Waals surface area contributed by atoms with Crippen LogP contribution in [0.2, 0.25) is 0 Å². The Kier molecular flexibility index (Phi) is 4.84. The number of esters is 1. The van der Waals surface area contributed by atoms with Gasteiger partial charge in [0.1, 0.15) is 5.69 Å². The van der Waals surface area contributed by atoms with Crippen molar-refractivity contribution in [2.45, 2.75) is 13.1 Å². The molecule has 0 fully saturated rings. The first-order valence-electron chi connectivity index (χ1n) is 5.40. The number of rotatable bonds is 4. The Hall–Kier alpha value is -2.65. The standard InChI is InChI=1S/C11H9F3N2O5/c1-6(17)21-5-10(18)15-8-3-2-7(11(12,13)14)4-9(8)16(19)20/h2-4H,5H2,1H3,(H,15,18). The van der Waals surface area contributed by atoms with E-state index in [1.165, 1.54) is 0 Å². The van der Waals surface area contributed by atoms with Crippen LogP contribution < -0.4 is 5.32 Å². The fraction of sp³-hybridized carbons (Fsp3) is 0.273. The van der Waals surface area contributed by atoms with Gasteiger partial charge in [-0.1, -0.05) is 0 Å². The van der Waals surface area contributed by atoms with Crippen LogP contribution in [0, 0.1) is 10.1 Å². The molecule has 0 radical (unpaired) electrons. The Labute approximate surface area is 115 Å². The van der Waals surface area contributed by atoms with E-state index in [1.807, 2.05) is 5.32 Å². The van der Waals surface area contributed by atoms with Gasteiger partial charge in [0, 0.05) is 13.0 Å². The lowest BCUT2D eigenvalue weighted by Gasteiger charge is -2.09. The molecule has 1 amide bonds. The Morgan fingerprint density at radius 2 is 2.00 bits per heavy atom. The van der Waals surface area contributed by atoms with Gasteiger partial charge in [-0.2, -0.15) is 13.2 Å². The smallest absolute Gasteiger partial charge is 0.416 e. The Bertz CT molecular complexity index is 586. The summed E-state index contributed by atoms with van der Waals surface area (Å²) in [5.74, 6) is -1.65. The maximum atomic E-state index is 12.5. The molecule has 0 saturated carbocycles. The van der Waals surface area contributed by atoms with Gasteiger partial charge in [-0.05, 0) is 12.1 Å². The van der Waals surface area contributed by atoms with Gasteiger partial charge in [-0.15, -0.1) is 0 Å². The number of benzene rings is 1. The highest BCUT2D eigenvalue weighted by molar-refractivity contribution is 5.94. The zero-order chi connectivity index (χ0) is 16.2. The third-order valence-corrected chi connectivity index (χ3v) is 2.20. The van der Waals surface area contributed by atoms with Crippen LogP contribution in [0.3, 0.4) is 0 Å². The summed E-state index contributed by atoms with van der Waals surface area (Å²) >= 11 is 0. The topological polar surface area (TPSA) is 98.5 Å². The van der Waals surface area contributed by atoms with Gasteiger partial charge in [-0.3, -0.25) is 19.7 Å². The molecule has 0 unspecified atom stereocenters. The van der Waals surface area contributed by atoms with Crippen LogP contribution in [0.5, 0.6) is 0 Å². The van der Waals surface area contributed by atoms with E-state index in [0.29, 0.717) is 12.1 Å². The first-order valence-corrected chi connectivity index (χ1v) is 5.40. The molecule has 0 heterocycles. The van der Waals surface area contributed by atoms with Crippen molar-refractivity contribution in [3.8, 4) is 0 Å². The summed E-state index contributed by atoms with van der Waals surface area (Å²) in [6, 6.07) is 1.66. The molecule has 0 aliphatic rings. The molecule has 114 valence electrons. The number of halogens is 3. The molecule has 10 heteroatoms. The zero-order valence-corrected chi connectivity index (χ0v) is 10.6. The second kappa shape index (κ2) is 6.20. The number of amides is 1. The average Bonchev–Trinajstić information content (AvgIpc) is 2.35. The van der Waals surface area contributed by atoms with Gasteiger partial charge in [0.05, 0.1) is 10.5 Å². The molecule has 21 heavy (non-hydrogen) atoms. The molecule has 0 aliphatic heterocycles. The molecule has 1 aromatic carbocycles. The molecular weight excluding hydrogens is 297 g/mol. The second-order valence-corrected chi connectivity index (χ2v) is 3.82. The molecule has 0 bridgehead atoms. The average molecular weight is 306 g/mol. The van der Waals surface area contributed by atoms with Crippen molar-refractivity contribution < 1.29 is 32.4 Å². The van der Waals surface area contributed by atoms with Gasteiger partial charge in [0.2, 0.25) is 0 Å². The molecule has 0 aromatic heterocycles. The summed E-state index contributed by atoms with van der Waals surface area (Å²) < 4.78 is 41.8. The molecule has 1 N–H and O–H groups in total. The molecular formula is C11H9F3N2O5. The van der Waals surface area contributed by atoms with Crippen LogP contribution in [-0.4, -0.2) is 23.4 Å². The summed E-state index contributed by atoms with van der Waals surface area (Å²) in [6.07, 6.45) is -4.75. The van der Waals surface area contributed by atoms with E-state index in [9.17, 15) is 32.9 Å². The lowest BCUT2D eigenvalue weighted by molar-refractivity contribution is -0.384. The summed E-state index contributed by atoms with van der Waals surface area (Å²) in [4.78, 5) is 31.5. The number of carbonyl (C=O) groups excluding carboxylic acids is 2. The number of alkyl halides is 3. The Morgan fingerprint density at radius 3 is 2.48 bits per heavy atom. The van der Waals surface area contributed by atoms with Crippen LogP contribution in [0.4, 0.5) is 24.5 Å². The van der Waals surface area contributed by atoms with Crippen molar-refractivity contribution in [3.63, 3.8) is 0 Å². The maximum absolute atomic E-state index is 12.5. The number of hydrogen-bond acceptors (Lipinski definition) is 5. The molecule has 0 atom stereocenters. The van der Waals surface area contributed by atoms with Crippen molar-refractivity contribution in [2.24, 2.45) is 0 Å². The molecule has 1 aromatic rings. The summed E-state index contributed by atoms with van der Waals surface area (Å²) in [7, 11) is 0. The van der Waals surface area contributed by atoms with Crippen molar-refractivity contribution in [2.75, 3.05) is 11.9 Å². The minimum Gasteiger partial charge on any atom is -0.456 e. The minimum atomic E-state index is -4.75. The highest BCUT2D eigenvalue weighted by Crippen LogP contribution is 2.34. The number of nitro benzene ring substituents is 1. The zero-order valence-electron chi connectivity index (χ0n) is 10.6. The summed E-state index contributed by atoms with van der Waals surface area (Å²) in [6.45, 7) is 0.349. The monoisotopic (exact) mass is 306 g/mol. The predicted molar refractivity (Wildman–Crippen MR) is 63.4 cm³/mol. The molecule has 1 rings (SSSR count). The lowest BCUT2D eigenvalue weighted by atomic mass is 10.1. The third-order valence-electron chi connectivity index (χ3n) is 2.20. The van der Waals surface area contributed by atoms with Gasteiger partial charge in [0.15, 0.2) is 6.61 Å². The number of nitrogens with one attached hydrogen (secondary N) is 1. The fourth-order valence-electron chi connectivity index (χ4n) is 1.32. The van der Waals surface area contributed by atoms with Crippen molar-refractivity contribution in [1.82, 2.24) is 0 Å². The van der Waals surface area contributed by atoms with E-state index in [-0.39, 0.29) is 0 Å². The predicted octanol–water partition coefficient (Wildman–Crippen LogP) is 2.12. The Balaban J connectivity index is 3.00. The highest BCUT2D eigenvalue weighted by Gasteiger charge is 2.33. The largest absolute Gasteiger partial charge is 0.456 e. The van der Waals surface area contributed by atoms with E-state index in [0.717, 1.165) is 13.0 Å². The number of anilines is 1. The van der Waals surface area contributed by atoms with E-state index in [4.69, 9.17) is 0 Å². The van der Waals surface area contributed by atoms with Crippen LogP contribution >= 0.6 is 0 Å². The van der Waals surface area contributed by atoms with Crippen molar-refractivity contribution in [3.05, 3.63) is 33.9 Å². The number of nitro groups is 1. The van der Waals surface area contributed by atoms with Gasteiger partial charge >= 0.3 is 12.1 Å². The van der Waals surface area contributed by atoms with E-state index >= 15 is 0 Å². The van der Waals surface area contributed by atoms with E-state index in [2.05, 4.69) is 4.74 Å². The number of ether oxygens (including phenoxy) is 1. The number of carbonyl (C=O) groups is 2. The normalized spacial score (nSPS) is 10.9. The van der Waals surface area contributed by atoms with Gasteiger partial charge in [0.25, 0.3) is 11.6 Å². The maximum Gasteiger partial charge on any atom is 0.416 e. The number of nitrogens with zero attached hydrogens (tertiary/aromatic N) is 1. The molecule has 0 saturated heterocycles. The molecule has 0 aliphatic carbocycles. The first kappa shape index (κ1) is 16.4. The summed E-state index contributed by atoms with van der Waals surface area (Å²) in [5.41, 5.74) is -2.56. The van der Waals surface area contributed by atoms with E-state index < -0.39 is 46.5 Å². The molecule has 7 nitrogen and oxygen atoms in total. The minimum absolute atomic E-state index is 0.307.